The Labute approximate surface area is 203 Å². The molecule has 0 aliphatic carbocycles. The zero-order valence-electron chi connectivity index (χ0n) is 19.4. The molecule has 0 radical (unpaired) electrons. The number of anilines is 2. The Morgan fingerprint density at radius 2 is 1.54 bits per heavy atom. The van der Waals surface area contributed by atoms with Crippen molar-refractivity contribution in [2.45, 2.75) is 18.9 Å². The Morgan fingerprint density at radius 1 is 0.886 bits per heavy atom. The highest BCUT2D eigenvalue weighted by Gasteiger charge is 2.39. The van der Waals surface area contributed by atoms with Gasteiger partial charge in [0.1, 0.15) is 11.4 Å². The fourth-order valence-corrected chi connectivity index (χ4v) is 5.03. The minimum Gasteiger partial charge on any atom is -0.476 e. The number of nitro groups is 1. The lowest BCUT2D eigenvalue weighted by Gasteiger charge is -2.40. The van der Waals surface area contributed by atoms with E-state index in [2.05, 4.69) is 0 Å². The summed E-state index contributed by atoms with van der Waals surface area (Å²) in [6, 6.07) is 14.0. The number of nitrogens with zero attached hydrogens (tertiary/aromatic N) is 4. The third-order valence-electron chi connectivity index (χ3n) is 6.90. The summed E-state index contributed by atoms with van der Waals surface area (Å²) in [7, 11) is 0. The molecule has 184 valence electrons. The first-order valence-corrected chi connectivity index (χ1v) is 11.9. The van der Waals surface area contributed by atoms with Crippen LogP contribution in [0.1, 0.15) is 12.8 Å². The fraction of sp³-hybridized carbons (Fsp3) is 0.440. The van der Waals surface area contributed by atoms with Gasteiger partial charge in [-0.15, -0.1) is 0 Å². The normalized spacial score (nSPS) is 20.7. The van der Waals surface area contributed by atoms with E-state index in [1.54, 1.807) is 34.1 Å². The van der Waals surface area contributed by atoms with Crippen molar-refractivity contribution in [3.05, 3.63) is 58.6 Å². The molecule has 0 bridgehead atoms. The first-order chi connectivity index (χ1) is 17.0. The van der Waals surface area contributed by atoms with Crippen LogP contribution >= 0.6 is 0 Å². The molecule has 3 aliphatic rings. The number of nitro benzene ring substituents is 1. The van der Waals surface area contributed by atoms with Crippen LogP contribution in [-0.4, -0.2) is 73.7 Å². The Morgan fingerprint density at radius 3 is 2.26 bits per heavy atom. The summed E-state index contributed by atoms with van der Waals surface area (Å²) in [6.07, 6.45) is 0.387. The molecule has 35 heavy (non-hydrogen) atoms. The summed E-state index contributed by atoms with van der Waals surface area (Å²) >= 11 is 0. The molecule has 2 amide bonds. The number of fused-ring (bicyclic) bond motifs is 1. The van der Waals surface area contributed by atoms with Crippen LogP contribution in [0.4, 0.5) is 17.1 Å². The van der Waals surface area contributed by atoms with Crippen LogP contribution in [0.5, 0.6) is 5.75 Å². The minimum absolute atomic E-state index is 0.0391. The quantitative estimate of drug-likeness (QED) is 0.489. The van der Waals surface area contributed by atoms with Crippen molar-refractivity contribution in [1.29, 1.82) is 0 Å². The number of para-hydroxylation sites is 4. The van der Waals surface area contributed by atoms with Crippen LogP contribution in [0.15, 0.2) is 48.5 Å². The van der Waals surface area contributed by atoms with Gasteiger partial charge in [0.25, 0.3) is 11.6 Å². The van der Waals surface area contributed by atoms with Crippen molar-refractivity contribution in [2.75, 3.05) is 55.7 Å². The average Bonchev–Trinajstić information content (AvgIpc) is 2.92. The van der Waals surface area contributed by atoms with Crippen molar-refractivity contribution in [2.24, 2.45) is 5.92 Å². The van der Waals surface area contributed by atoms with E-state index in [-0.39, 0.29) is 34.9 Å². The van der Waals surface area contributed by atoms with Crippen LogP contribution in [0, 0.1) is 16.0 Å². The molecule has 0 spiro atoms. The number of carbonyl (C=O) groups is 2. The maximum absolute atomic E-state index is 13.7. The Bertz CT molecular complexity index is 1110. The molecule has 0 aromatic heterocycles. The molecule has 10 nitrogen and oxygen atoms in total. The average molecular weight is 481 g/mol. The number of carbonyl (C=O) groups excluding carboxylic acids is 2. The SMILES string of the molecule is O=C(C1CN(C(=O)C2CCN(c3ccccc3[N+](=O)[O-])CC2)c2ccccc2O1)N1CCOCC1. The zero-order chi connectivity index (χ0) is 24.4. The molecule has 3 aliphatic heterocycles. The number of hydrogen-bond acceptors (Lipinski definition) is 7. The maximum Gasteiger partial charge on any atom is 0.292 e. The van der Waals surface area contributed by atoms with Gasteiger partial charge >= 0.3 is 0 Å². The lowest BCUT2D eigenvalue weighted by molar-refractivity contribution is -0.384. The van der Waals surface area contributed by atoms with E-state index in [1.165, 1.54) is 6.07 Å². The zero-order valence-corrected chi connectivity index (χ0v) is 19.4. The minimum atomic E-state index is -0.765. The Balaban J connectivity index is 1.30. The largest absolute Gasteiger partial charge is 0.476 e. The molecule has 0 saturated carbocycles. The number of rotatable bonds is 4. The molecular weight excluding hydrogens is 452 g/mol. The number of amides is 2. The van der Waals surface area contributed by atoms with Crippen molar-refractivity contribution < 1.29 is 24.0 Å². The monoisotopic (exact) mass is 480 g/mol. The van der Waals surface area contributed by atoms with E-state index in [9.17, 15) is 19.7 Å². The lowest BCUT2D eigenvalue weighted by atomic mass is 9.94. The summed E-state index contributed by atoms with van der Waals surface area (Å²) in [5, 5.41) is 11.4. The van der Waals surface area contributed by atoms with Crippen LogP contribution < -0.4 is 14.5 Å². The Kier molecular flexibility index (Phi) is 6.54. The van der Waals surface area contributed by atoms with Crippen molar-refractivity contribution in [1.82, 2.24) is 4.90 Å². The van der Waals surface area contributed by atoms with Gasteiger partial charge in [0, 0.05) is 38.2 Å². The second kappa shape index (κ2) is 9.91. The van der Waals surface area contributed by atoms with E-state index in [0.29, 0.717) is 69.4 Å². The summed E-state index contributed by atoms with van der Waals surface area (Å²) < 4.78 is 11.4. The van der Waals surface area contributed by atoms with E-state index < -0.39 is 6.10 Å². The molecule has 0 N–H and O–H groups in total. The van der Waals surface area contributed by atoms with Gasteiger partial charge < -0.3 is 24.2 Å². The van der Waals surface area contributed by atoms with E-state index in [4.69, 9.17) is 9.47 Å². The molecule has 1 unspecified atom stereocenters. The summed E-state index contributed by atoms with van der Waals surface area (Å²) in [5.74, 6) is 0.116. The lowest BCUT2D eigenvalue weighted by Crippen LogP contribution is -2.55. The second-order valence-corrected chi connectivity index (χ2v) is 8.97. The molecule has 1 atom stereocenters. The second-order valence-electron chi connectivity index (χ2n) is 8.97. The summed E-state index contributed by atoms with van der Waals surface area (Å²) in [4.78, 5) is 43.3. The third-order valence-corrected chi connectivity index (χ3v) is 6.90. The van der Waals surface area contributed by atoms with Crippen LogP contribution in [0.3, 0.4) is 0 Å². The predicted molar refractivity (Wildman–Crippen MR) is 129 cm³/mol. The van der Waals surface area contributed by atoms with Gasteiger partial charge in [-0.2, -0.15) is 0 Å². The smallest absolute Gasteiger partial charge is 0.292 e. The van der Waals surface area contributed by atoms with Gasteiger partial charge in [-0.25, -0.2) is 0 Å². The molecule has 10 heteroatoms. The molecule has 2 aromatic carbocycles. The molecule has 3 heterocycles. The summed E-state index contributed by atoms with van der Waals surface area (Å²) in [6.45, 7) is 3.27. The fourth-order valence-electron chi connectivity index (χ4n) is 5.03. The topological polar surface area (TPSA) is 105 Å². The standard InChI is InChI=1S/C25H28N4O6/c30-24(18-9-11-26(12-10-18)19-5-1-2-6-20(19)29(32)33)28-17-23(25(31)27-13-15-34-16-14-27)35-22-8-4-3-7-21(22)28/h1-8,18,23H,9-17H2. The highest BCUT2D eigenvalue weighted by molar-refractivity contribution is 5.98. The Hall–Kier alpha value is -3.66. The molecule has 5 rings (SSSR count). The van der Waals surface area contributed by atoms with Gasteiger partial charge in [0.15, 0.2) is 6.10 Å². The predicted octanol–water partition coefficient (Wildman–Crippen LogP) is 2.46. The first kappa shape index (κ1) is 23.1. The van der Waals surface area contributed by atoms with E-state index in [1.807, 2.05) is 23.1 Å². The van der Waals surface area contributed by atoms with Crippen molar-refractivity contribution in [3.8, 4) is 5.75 Å². The number of benzene rings is 2. The van der Waals surface area contributed by atoms with Gasteiger partial charge in [-0.1, -0.05) is 24.3 Å². The van der Waals surface area contributed by atoms with Crippen LogP contribution in [0.25, 0.3) is 0 Å². The first-order valence-electron chi connectivity index (χ1n) is 11.9. The number of ether oxygens (including phenoxy) is 2. The van der Waals surface area contributed by atoms with Crippen LogP contribution in [0.2, 0.25) is 0 Å². The van der Waals surface area contributed by atoms with Gasteiger partial charge in [0.05, 0.1) is 30.4 Å². The molecule has 2 fully saturated rings. The highest BCUT2D eigenvalue weighted by Crippen LogP contribution is 2.37. The highest BCUT2D eigenvalue weighted by atomic mass is 16.6. The number of morpholine rings is 1. The van der Waals surface area contributed by atoms with Gasteiger partial charge in [-0.3, -0.25) is 19.7 Å². The maximum atomic E-state index is 13.7. The third kappa shape index (κ3) is 4.66. The van der Waals surface area contributed by atoms with Gasteiger partial charge in [-0.05, 0) is 31.0 Å². The van der Waals surface area contributed by atoms with E-state index >= 15 is 0 Å². The number of piperidine rings is 1. The number of hydrogen-bond donors (Lipinski definition) is 0. The summed E-state index contributed by atoms with van der Waals surface area (Å²) in [5.41, 5.74) is 1.32. The van der Waals surface area contributed by atoms with Gasteiger partial charge in [0.2, 0.25) is 5.91 Å². The van der Waals surface area contributed by atoms with Crippen molar-refractivity contribution in [3.63, 3.8) is 0 Å². The van der Waals surface area contributed by atoms with Crippen LogP contribution in [-0.2, 0) is 14.3 Å². The molecule has 2 saturated heterocycles. The molecular formula is C25H28N4O6. The molecule has 2 aromatic rings. The van der Waals surface area contributed by atoms with Crippen molar-refractivity contribution >= 4 is 28.9 Å². The van der Waals surface area contributed by atoms with E-state index in [0.717, 1.165) is 0 Å².